The second-order valence-corrected chi connectivity index (χ2v) is 4.94. The van der Waals surface area contributed by atoms with Crippen molar-refractivity contribution in [2.45, 2.75) is 12.8 Å². The zero-order chi connectivity index (χ0) is 13.5. The first-order valence-electron chi connectivity index (χ1n) is 6.80. The number of aliphatic carboxylic acids is 1. The minimum Gasteiger partial charge on any atom is -0.480 e. The first-order valence-corrected chi connectivity index (χ1v) is 6.80. The smallest absolute Gasteiger partial charge is 0.317 e. The Hall–Kier alpha value is -1.46. The highest BCUT2D eigenvalue weighted by Crippen LogP contribution is 2.04. The molecule has 19 heavy (non-hydrogen) atoms. The van der Waals surface area contributed by atoms with Crippen LogP contribution in [0, 0.1) is 0 Å². The Morgan fingerprint density at radius 2 is 2.00 bits per heavy atom. The summed E-state index contributed by atoms with van der Waals surface area (Å²) in [6.45, 7) is 4.87. The van der Waals surface area contributed by atoms with Crippen molar-refractivity contribution in [2.75, 3.05) is 39.3 Å². The summed E-state index contributed by atoms with van der Waals surface area (Å²) < 4.78 is 0. The van der Waals surface area contributed by atoms with Crippen LogP contribution < -0.4 is 0 Å². The summed E-state index contributed by atoms with van der Waals surface area (Å²) in [7, 11) is 0. The number of pyridine rings is 1. The van der Waals surface area contributed by atoms with Crippen LogP contribution in [0.4, 0.5) is 0 Å². The predicted octanol–water partition coefficient (Wildman–Crippen LogP) is 0.716. The van der Waals surface area contributed by atoms with E-state index in [1.165, 1.54) is 0 Å². The van der Waals surface area contributed by atoms with E-state index >= 15 is 0 Å². The zero-order valence-electron chi connectivity index (χ0n) is 11.2. The molecule has 5 nitrogen and oxygen atoms in total. The van der Waals surface area contributed by atoms with E-state index in [0.29, 0.717) is 0 Å². The van der Waals surface area contributed by atoms with Gasteiger partial charge < -0.3 is 10.0 Å². The topological polar surface area (TPSA) is 56.7 Å². The van der Waals surface area contributed by atoms with Crippen molar-refractivity contribution >= 4 is 5.97 Å². The summed E-state index contributed by atoms with van der Waals surface area (Å²) in [6, 6.07) is 5.99. The standard InChI is InChI=1S/C14H21N3O2/c18-14(19)12-17-8-3-7-16(10-11-17)9-5-13-4-1-2-6-15-13/h1-2,4,6H,3,5,7-12H2,(H,18,19). The average molecular weight is 263 g/mol. The molecule has 1 aliphatic rings. The highest BCUT2D eigenvalue weighted by atomic mass is 16.4. The number of nitrogens with zero attached hydrogens (tertiary/aromatic N) is 3. The maximum atomic E-state index is 10.7. The lowest BCUT2D eigenvalue weighted by Gasteiger charge is -2.20. The van der Waals surface area contributed by atoms with Gasteiger partial charge in [0.2, 0.25) is 0 Å². The third-order valence-electron chi connectivity index (χ3n) is 3.45. The first-order chi connectivity index (χ1) is 9.24. The highest BCUT2D eigenvalue weighted by Gasteiger charge is 2.16. The molecule has 1 aliphatic heterocycles. The van der Waals surface area contributed by atoms with Gasteiger partial charge in [0.15, 0.2) is 0 Å². The number of aromatic nitrogens is 1. The molecular weight excluding hydrogens is 242 g/mol. The average Bonchev–Trinajstić information content (AvgIpc) is 2.62. The molecule has 2 rings (SSSR count). The third-order valence-corrected chi connectivity index (χ3v) is 3.45. The molecule has 1 aromatic rings. The minimum absolute atomic E-state index is 0.161. The molecular formula is C14H21N3O2. The number of hydrogen-bond acceptors (Lipinski definition) is 4. The molecule has 104 valence electrons. The SMILES string of the molecule is O=C(O)CN1CCCN(CCc2ccccn2)CC1. The van der Waals surface area contributed by atoms with Gasteiger partial charge in [-0.15, -0.1) is 0 Å². The van der Waals surface area contributed by atoms with Gasteiger partial charge >= 0.3 is 5.97 Å². The summed E-state index contributed by atoms with van der Waals surface area (Å²) in [5.74, 6) is -0.734. The molecule has 1 aromatic heterocycles. The molecule has 1 saturated heterocycles. The summed E-state index contributed by atoms with van der Waals surface area (Å²) in [5.41, 5.74) is 1.12. The minimum atomic E-state index is -0.734. The zero-order valence-corrected chi connectivity index (χ0v) is 11.2. The summed E-state index contributed by atoms with van der Waals surface area (Å²) in [6.07, 6.45) is 3.82. The maximum absolute atomic E-state index is 10.7. The quantitative estimate of drug-likeness (QED) is 0.848. The number of hydrogen-bond donors (Lipinski definition) is 1. The van der Waals surface area contributed by atoms with Gasteiger partial charge in [-0.05, 0) is 25.1 Å². The Balaban J connectivity index is 1.75. The fourth-order valence-electron chi connectivity index (χ4n) is 2.42. The van der Waals surface area contributed by atoms with Gasteiger partial charge in [0.1, 0.15) is 0 Å². The Bertz CT molecular complexity index is 397. The summed E-state index contributed by atoms with van der Waals surface area (Å²) in [5, 5.41) is 8.81. The van der Waals surface area contributed by atoms with E-state index in [-0.39, 0.29) is 6.54 Å². The third kappa shape index (κ3) is 4.96. The van der Waals surface area contributed by atoms with Crippen LogP contribution in [0.5, 0.6) is 0 Å². The van der Waals surface area contributed by atoms with Crippen molar-refractivity contribution in [1.82, 2.24) is 14.8 Å². The van der Waals surface area contributed by atoms with Gasteiger partial charge in [0, 0.05) is 44.5 Å². The van der Waals surface area contributed by atoms with Crippen LogP contribution in [-0.4, -0.2) is 65.1 Å². The Morgan fingerprint density at radius 3 is 2.74 bits per heavy atom. The maximum Gasteiger partial charge on any atom is 0.317 e. The van der Waals surface area contributed by atoms with Crippen LogP contribution in [0.25, 0.3) is 0 Å². The van der Waals surface area contributed by atoms with E-state index in [9.17, 15) is 4.79 Å². The summed E-state index contributed by atoms with van der Waals surface area (Å²) >= 11 is 0. The Kier molecular flexibility index (Phi) is 5.30. The van der Waals surface area contributed by atoms with Crippen LogP contribution in [0.1, 0.15) is 12.1 Å². The second kappa shape index (κ2) is 7.21. The fraction of sp³-hybridized carbons (Fsp3) is 0.571. The molecule has 5 heteroatoms. The van der Waals surface area contributed by atoms with Crippen LogP contribution in [0.3, 0.4) is 0 Å². The van der Waals surface area contributed by atoms with E-state index in [1.54, 1.807) is 0 Å². The van der Waals surface area contributed by atoms with Crippen molar-refractivity contribution < 1.29 is 9.90 Å². The van der Waals surface area contributed by atoms with E-state index < -0.39 is 5.97 Å². The van der Waals surface area contributed by atoms with Crippen molar-refractivity contribution in [1.29, 1.82) is 0 Å². The molecule has 1 fully saturated rings. The molecule has 0 aromatic carbocycles. The molecule has 0 radical (unpaired) electrons. The lowest BCUT2D eigenvalue weighted by atomic mass is 10.2. The van der Waals surface area contributed by atoms with Gasteiger partial charge in [-0.3, -0.25) is 14.7 Å². The normalized spacial score (nSPS) is 18.1. The van der Waals surface area contributed by atoms with Crippen molar-refractivity contribution in [3.63, 3.8) is 0 Å². The Morgan fingerprint density at radius 1 is 1.21 bits per heavy atom. The molecule has 0 amide bonds. The van der Waals surface area contributed by atoms with E-state index in [2.05, 4.69) is 16.0 Å². The lowest BCUT2D eigenvalue weighted by molar-refractivity contribution is -0.138. The van der Waals surface area contributed by atoms with Crippen molar-refractivity contribution in [2.24, 2.45) is 0 Å². The van der Waals surface area contributed by atoms with Crippen LogP contribution >= 0.6 is 0 Å². The number of carboxylic acids is 1. The second-order valence-electron chi connectivity index (χ2n) is 4.94. The molecule has 0 saturated carbocycles. The monoisotopic (exact) mass is 263 g/mol. The van der Waals surface area contributed by atoms with Crippen LogP contribution in [0.2, 0.25) is 0 Å². The van der Waals surface area contributed by atoms with E-state index in [1.807, 2.05) is 23.2 Å². The van der Waals surface area contributed by atoms with Gasteiger partial charge in [0.25, 0.3) is 0 Å². The van der Waals surface area contributed by atoms with Crippen molar-refractivity contribution in [3.8, 4) is 0 Å². The van der Waals surface area contributed by atoms with Gasteiger partial charge in [0.05, 0.1) is 6.54 Å². The lowest BCUT2D eigenvalue weighted by Crippen LogP contribution is -2.34. The number of carbonyl (C=O) groups is 1. The molecule has 0 spiro atoms. The molecule has 0 aliphatic carbocycles. The summed E-state index contributed by atoms with van der Waals surface area (Å²) in [4.78, 5) is 19.5. The number of rotatable bonds is 5. The number of carboxylic acid groups (broad SMARTS) is 1. The van der Waals surface area contributed by atoms with Crippen LogP contribution in [0.15, 0.2) is 24.4 Å². The van der Waals surface area contributed by atoms with Crippen molar-refractivity contribution in [3.05, 3.63) is 30.1 Å². The fourth-order valence-corrected chi connectivity index (χ4v) is 2.42. The molecule has 0 atom stereocenters. The Labute approximate surface area is 113 Å². The van der Waals surface area contributed by atoms with E-state index in [0.717, 1.165) is 51.3 Å². The molecule has 0 unspecified atom stereocenters. The van der Waals surface area contributed by atoms with Gasteiger partial charge in [-0.2, -0.15) is 0 Å². The van der Waals surface area contributed by atoms with Gasteiger partial charge in [-0.25, -0.2) is 0 Å². The highest BCUT2D eigenvalue weighted by molar-refractivity contribution is 5.69. The molecule has 2 heterocycles. The van der Waals surface area contributed by atoms with E-state index in [4.69, 9.17) is 5.11 Å². The van der Waals surface area contributed by atoms with Gasteiger partial charge in [-0.1, -0.05) is 6.07 Å². The first kappa shape index (κ1) is 14.0. The molecule has 0 bridgehead atoms. The molecule has 1 N–H and O–H groups in total. The predicted molar refractivity (Wildman–Crippen MR) is 73.1 cm³/mol. The largest absolute Gasteiger partial charge is 0.480 e. The van der Waals surface area contributed by atoms with Crippen LogP contribution in [-0.2, 0) is 11.2 Å².